The molecule has 2 rings (SSSR count). The molecule has 4 heteroatoms. The van der Waals surface area contributed by atoms with Crippen molar-refractivity contribution in [1.82, 2.24) is 4.98 Å². The molecule has 1 aromatic heterocycles. The van der Waals surface area contributed by atoms with Crippen LogP contribution in [0.15, 0.2) is 30.3 Å². The van der Waals surface area contributed by atoms with Gasteiger partial charge in [0.1, 0.15) is 0 Å². The van der Waals surface area contributed by atoms with E-state index in [0.717, 1.165) is 10.9 Å². The first-order valence-electron chi connectivity index (χ1n) is 4.34. The molecule has 1 heterocycles. The number of rotatable bonds is 1. The minimum Gasteiger partial charge on any atom is -0.366 e. The number of fused-ring (bicyclic) bond motifs is 1. The van der Waals surface area contributed by atoms with Gasteiger partial charge in [0, 0.05) is 5.39 Å². The number of carbonyl (C=O) groups excluding carboxylic acids is 1. The highest BCUT2D eigenvalue weighted by Crippen LogP contribution is 2.15. The van der Waals surface area contributed by atoms with Gasteiger partial charge >= 0.3 is 0 Å². The molecule has 0 saturated carbocycles. The zero-order valence-corrected chi connectivity index (χ0v) is 9.04. The number of pyridine rings is 1. The third kappa shape index (κ3) is 2.07. The molecule has 78 valence electrons. The summed E-state index contributed by atoms with van der Waals surface area (Å²) < 4.78 is 0. The van der Waals surface area contributed by atoms with Crippen LogP contribution in [0.4, 0.5) is 0 Å². The Kier molecular flexibility index (Phi) is 3.27. The summed E-state index contributed by atoms with van der Waals surface area (Å²) in [6.45, 7) is 1.78. The number of halogens is 1. The van der Waals surface area contributed by atoms with Crippen LogP contribution in [0.5, 0.6) is 0 Å². The monoisotopic (exact) mass is 222 g/mol. The van der Waals surface area contributed by atoms with Crippen LogP contribution in [0, 0.1) is 6.92 Å². The molecular formula is C11H11ClN2O. The first-order valence-corrected chi connectivity index (χ1v) is 4.34. The molecule has 3 nitrogen and oxygen atoms in total. The van der Waals surface area contributed by atoms with Gasteiger partial charge in [0.2, 0.25) is 0 Å². The van der Waals surface area contributed by atoms with E-state index in [0.29, 0.717) is 11.3 Å². The maximum Gasteiger partial charge on any atom is 0.250 e. The number of nitrogens with two attached hydrogens (primary N) is 1. The number of aryl methyl sites for hydroxylation is 1. The maximum absolute atomic E-state index is 11.0. The lowest BCUT2D eigenvalue weighted by atomic mass is 10.1. The van der Waals surface area contributed by atoms with E-state index in [9.17, 15) is 4.79 Å². The van der Waals surface area contributed by atoms with Crippen molar-refractivity contribution in [2.24, 2.45) is 5.73 Å². The van der Waals surface area contributed by atoms with Gasteiger partial charge in [-0.05, 0) is 19.1 Å². The van der Waals surface area contributed by atoms with Crippen molar-refractivity contribution in [3.05, 3.63) is 41.6 Å². The summed E-state index contributed by atoms with van der Waals surface area (Å²) >= 11 is 0. The number of carbonyl (C=O) groups is 1. The number of benzene rings is 1. The van der Waals surface area contributed by atoms with E-state index < -0.39 is 5.91 Å². The van der Waals surface area contributed by atoms with E-state index in [1.165, 1.54) is 0 Å². The lowest BCUT2D eigenvalue weighted by Crippen LogP contribution is -2.13. The summed E-state index contributed by atoms with van der Waals surface area (Å²) in [5.74, 6) is -0.430. The fraction of sp³-hybridized carbons (Fsp3) is 0.0909. The number of para-hydroxylation sites is 1. The van der Waals surface area contributed by atoms with Crippen LogP contribution < -0.4 is 5.73 Å². The summed E-state index contributed by atoms with van der Waals surface area (Å²) in [6.07, 6.45) is 0. The number of nitrogens with zero attached hydrogens (tertiary/aromatic N) is 1. The molecule has 1 amide bonds. The van der Waals surface area contributed by atoms with Gasteiger partial charge in [-0.25, -0.2) is 0 Å². The van der Waals surface area contributed by atoms with Gasteiger partial charge in [-0.3, -0.25) is 9.78 Å². The third-order valence-corrected chi connectivity index (χ3v) is 2.18. The van der Waals surface area contributed by atoms with Crippen LogP contribution in [0.25, 0.3) is 10.9 Å². The highest BCUT2D eigenvalue weighted by molar-refractivity contribution is 5.97. The average Bonchev–Trinajstić information content (AvgIpc) is 2.16. The Hall–Kier alpha value is -1.61. The summed E-state index contributed by atoms with van der Waals surface area (Å²) in [7, 11) is 0. The normalized spacial score (nSPS) is 9.67. The fourth-order valence-electron chi connectivity index (χ4n) is 1.46. The molecule has 0 aliphatic heterocycles. The number of hydrogen-bond acceptors (Lipinski definition) is 2. The molecule has 0 saturated heterocycles. The Balaban J connectivity index is 0.00000112. The van der Waals surface area contributed by atoms with Gasteiger partial charge in [-0.15, -0.1) is 12.4 Å². The summed E-state index contributed by atoms with van der Waals surface area (Å²) in [5, 5.41) is 0.937. The summed E-state index contributed by atoms with van der Waals surface area (Å²) in [5.41, 5.74) is 7.28. The molecule has 2 aromatic rings. The fourth-order valence-corrected chi connectivity index (χ4v) is 1.46. The zero-order valence-electron chi connectivity index (χ0n) is 8.23. The van der Waals surface area contributed by atoms with Crippen LogP contribution in [0.2, 0.25) is 0 Å². The molecule has 0 aliphatic carbocycles. The molecule has 0 fully saturated rings. The van der Waals surface area contributed by atoms with E-state index >= 15 is 0 Å². The van der Waals surface area contributed by atoms with Crippen LogP contribution in [0.1, 0.15) is 16.1 Å². The average molecular weight is 223 g/mol. The molecule has 0 spiro atoms. The minimum absolute atomic E-state index is 0. The van der Waals surface area contributed by atoms with E-state index in [4.69, 9.17) is 5.73 Å². The van der Waals surface area contributed by atoms with E-state index in [-0.39, 0.29) is 12.4 Å². The Morgan fingerprint density at radius 3 is 2.67 bits per heavy atom. The first-order chi connectivity index (χ1) is 6.68. The van der Waals surface area contributed by atoms with Gasteiger partial charge < -0.3 is 5.73 Å². The van der Waals surface area contributed by atoms with Crippen molar-refractivity contribution in [3.8, 4) is 0 Å². The second kappa shape index (κ2) is 4.28. The van der Waals surface area contributed by atoms with Gasteiger partial charge in [0.15, 0.2) is 0 Å². The highest BCUT2D eigenvalue weighted by atomic mass is 35.5. The summed E-state index contributed by atoms with van der Waals surface area (Å²) in [4.78, 5) is 15.3. The second-order valence-electron chi connectivity index (χ2n) is 3.18. The van der Waals surface area contributed by atoms with Crippen molar-refractivity contribution in [1.29, 1.82) is 0 Å². The predicted molar refractivity (Wildman–Crippen MR) is 62.2 cm³/mol. The lowest BCUT2D eigenvalue weighted by Gasteiger charge is -2.03. The predicted octanol–water partition coefficient (Wildman–Crippen LogP) is 2.06. The highest BCUT2D eigenvalue weighted by Gasteiger charge is 2.06. The van der Waals surface area contributed by atoms with Gasteiger partial charge in [-0.2, -0.15) is 0 Å². The molecule has 0 atom stereocenters. The maximum atomic E-state index is 11.0. The smallest absolute Gasteiger partial charge is 0.250 e. The second-order valence-corrected chi connectivity index (χ2v) is 3.18. The molecule has 0 radical (unpaired) electrons. The lowest BCUT2D eigenvalue weighted by molar-refractivity contribution is 0.0999. The van der Waals surface area contributed by atoms with Gasteiger partial charge in [0.25, 0.3) is 5.91 Å². The number of primary amides is 1. The Bertz CT molecular complexity index is 511. The topological polar surface area (TPSA) is 56.0 Å². The van der Waals surface area contributed by atoms with E-state index in [2.05, 4.69) is 4.98 Å². The first kappa shape index (κ1) is 11.5. The Morgan fingerprint density at radius 1 is 1.33 bits per heavy atom. The Morgan fingerprint density at radius 2 is 2.00 bits per heavy atom. The molecule has 0 unspecified atom stereocenters. The van der Waals surface area contributed by atoms with Crippen molar-refractivity contribution in [2.75, 3.05) is 0 Å². The largest absolute Gasteiger partial charge is 0.366 e. The standard InChI is InChI=1S/C11H10N2O.ClH/c1-7-9(11(12)14)6-8-4-2-3-5-10(8)13-7;/h2-6H,1H3,(H2,12,14);1H. The van der Waals surface area contributed by atoms with Crippen molar-refractivity contribution in [2.45, 2.75) is 6.92 Å². The molecule has 1 aromatic carbocycles. The zero-order chi connectivity index (χ0) is 10.1. The SMILES string of the molecule is Cc1nc2ccccc2cc1C(N)=O.Cl. The summed E-state index contributed by atoms with van der Waals surface area (Å²) in [6, 6.07) is 9.42. The number of amides is 1. The molecule has 15 heavy (non-hydrogen) atoms. The van der Waals surface area contributed by atoms with Crippen molar-refractivity contribution < 1.29 is 4.79 Å². The van der Waals surface area contributed by atoms with E-state index in [1.807, 2.05) is 24.3 Å². The van der Waals surface area contributed by atoms with E-state index in [1.54, 1.807) is 13.0 Å². The van der Waals surface area contributed by atoms with Gasteiger partial charge in [-0.1, -0.05) is 18.2 Å². The van der Waals surface area contributed by atoms with Crippen LogP contribution in [-0.2, 0) is 0 Å². The van der Waals surface area contributed by atoms with Crippen LogP contribution in [-0.4, -0.2) is 10.9 Å². The van der Waals surface area contributed by atoms with Crippen LogP contribution >= 0.6 is 12.4 Å². The molecule has 2 N–H and O–H groups in total. The Labute approximate surface area is 93.7 Å². The van der Waals surface area contributed by atoms with Crippen molar-refractivity contribution in [3.63, 3.8) is 0 Å². The molecule has 0 bridgehead atoms. The third-order valence-electron chi connectivity index (χ3n) is 2.18. The molecule has 0 aliphatic rings. The molecular weight excluding hydrogens is 212 g/mol. The minimum atomic E-state index is -0.430. The quantitative estimate of drug-likeness (QED) is 0.803. The van der Waals surface area contributed by atoms with Crippen molar-refractivity contribution >= 4 is 29.2 Å². The van der Waals surface area contributed by atoms with Gasteiger partial charge in [0.05, 0.1) is 16.8 Å². The number of hydrogen-bond donors (Lipinski definition) is 1. The van der Waals surface area contributed by atoms with Crippen LogP contribution in [0.3, 0.4) is 0 Å². The number of aromatic nitrogens is 1.